The average Bonchev–Trinajstić information content (AvgIpc) is 2.73. The van der Waals surface area contributed by atoms with Crippen LogP contribution in [-0.2, 0) is 0 Å². The number of aromatic nitrogens is 2. The van der Waals surface area contributed by atoms with Crippen LogP contribution in [0.4, 0.5) is 5.82 Å². The number of rotatable bonds is 3. The molecular weight excluding hydrogens is 256 g/mol. The molecule has 1 N–H and O–H groups in total. The number of nitrogens with zero attached hydrogens (tertiary/aromatic N) is 3. The maximum Gasteiger partial charge on any atom is 0.257 e. The molecule has 6 nitrogen and oxygen atoms in total. The van der Waals surface area contributed by atoms with Crippen LogP contribution in [0.3, 0.4) is 0 Å². The van der Waals surface area contributed by atoms with E-state index >= 15 is 0 Å². The van der Waals surface area contributed by atoms with E-state index in [1.165, 1.54) is 0 Å². The molecule has 0 radical (unpaired) electrons. The van der Waals surface area contributed by atoms with Gasteiger partial charge in [-0.05, 0) is 32.0 Å². The average molecular weight is 272 g/mol. The van der Waals surface area contributed by atoms with Crippen LogP contribution < -0.4 is 5.32 Å². The highest BCUT2D eigenvalue weighted by Crippen LogP contribution is 2.20. The molecule has 1 aliphatic heterocycles. The maximum absolute atomic E-state index is 12.3. The van der Waals surface area contributed by atoms with E-state index in [0.717, 1.165) is 11.6 Å². The number of nitrogens with one attached hydrogen (secondary N) is 1. The SMILES string of the molecule is Cc1cc(C(=O)N2CC(Nc3cccnn3)C2)c(C)o1. The van der Waals surface area contributed by atoms with Crippen molar-refractivity contribution < 1.29 is 9.21 Å². The van der Waals surface area contributed by atoms with Crippen molar-refractivity contribution >= 4 is 11.7 Å². The van der Waals surface area contributed by atoms with E-state index in [1.807, 2.05) is 26.0 Å². The third-order valence-electron chi connectivity index (χ3n) is 3.36. The Labute approximate surface area is 116 Å². The highest BCUT2D eigenvalue weighted by Gasteiger charge is 2.32. The Kier molecular flexibility index (Phi) is 3.14. The predicted octanol–water partition coefficient (Wildman–Crippen LogP) is 1.62. The zero-order valence-electron chi connectivity index (χ0n) is 11.5. The van der Waals surface area contributed by atoms with E-state index in [4.69, 9.17) is 4.42 Å². The molecule has 1 saturated heterocycles. The molecular formula is C14H16N4O2. The number of carbonyl (C=O) groups excluding carboxylic acids is 1. The van der Waals surface area contributed by atoms with E-state index in [-0.39, 0.29) is 11.9 Å². The van der Waals surface area contributed by atoms with Gasteiger partial charge in [-0.3, -0.25) is 4.79 Å². The monoisotopic (exact) mass is 272 g/mol. The normalized spacial score (nSPS) is 15.0. The summed E-state index contributed by atoms with van der Waals surface area (Å²) in [5, 5.41) is 11.0. The number of amides is 1. The lowest BCUT2D eigenvalue weighted by atomic mass is 10.1. The van der Waals surface area contributed by atoms with E-state index in [2.05, 4.69) is 15.5 Å². The van der Waals surface area contributed by atoms with Gasteiger partial charge in [0.05, 0.1) is 11.6 Å². The second-order valence-corrected chi connectivity index (χ2v) is 4.99. The van der Waals surface area contributed by atoms with Gasteiger partial charge in [0.25, 0.3) is 5.91 Å². The lowest BCUT2D eigenvalue weighted by Crippen LogP contribution is -2.57. The minimum atomic E-state index is 0.0246. The second-order valence-electron chi connectivity index (χ2n) is 4.99. The molecule has 2 aromatic heterocycles. The Morgan fingerprint density at radius 2 is 2.25 bits per heavy atom. The first-order chi connectivity index (χ1) is 9.63. The van der Waals surface area contributed by atoms with Gasteiger partial charge in [-0.1, -0.05) is 0 Å². The molecule has 0 saturated carbocycles. The van der Waals surface area contributed by atoms with Crippen LogP contribution in [0.5, 0.6) is 0 Å². The van der Waals surface area contributed by atoms with Crippen LogP contribution in [0.25, 0.3) is 0 Å². The summed E-state index contributed by atoms with van der Waals surface area (Å²) in [6.07, 6.45) is 1.63. The lowest BCUT2D eigenvalue weighted by molar-refractivity contribution is 0.0623. The predicted molar refractivity (Wildman–Crippen MR) is 73.5 cm³/mol. The molecule has 0 unspecified atom stereocenters. The van der Waals surface area contributed by atoms with Crippen molar-refractivity contribution in [3.8, 4) is 0 Å². The number of hydrogen-bond acceptors (Lipinski definition) is 5. The third kappa shape index (κ3) is 2.36. The quantitative estimate of drug-likeness (QED) is 0.919. The lowest BCUT2D eigenvalue weighted by Gasteiger charge is -2.39. The van der Waals surface area contributed by atoms with Gasteiger partial charge in [-0.15, -0.1) is 5.10 Å². The van der Waals surface area contributed by atoms with Crippen LogP contribution in [-0.4, -0.2) is 40.1 Å². The number of likely N-dealkylation sites (tertiary alicyclic amines) is 1. The first-order valence-corrected chi connectivity index (χ1v) is 6.54. The molecule has 0 bridgehead atoms. The van der Waals surface area contributed by atoms with Crippen molar-refractivity contribution in [3.63, 3.8) is 0 Å². The van der Waals surface area contributed by atoms with Gasteiger partial charge in [0.15, 0.2) is 0 Å². The van der Waals surface area contributed by atoms with Crippen molar-refractivity contribution in [2.75, 3.05) is 18.4 Å². The summed E-state index contributed by atoms with van der Waals surface area (Å²) in [5.74, 6) is 2.20. The van der Waals surface area contributed by atoms with Gasteiger partial charge in [-0.2, -0.15) is 5.10 Å². The largest absolute Gasteiger partial charge is 0.466 e. The summed E-state index contributed by atoms with van der Waals surface area (Å²) < 4.78 is 5.40. The van der Waals surface area contributed by atoms with Crippen LogP contribution >= 0.6 is 0 Å². The molecule has 1 aliphatic rings. The molecule has 1 fully saturated rings. The van der Waals surface area contributed by atoms with E-state index < -0.39 is 0 Å². The van der Waals surface area contributed by atoms with Gasteiger partial charge >= 0.3 is 0 Å². The van der Waals surface area contributed by atoms with Crippen molar-refractivity contribution in [1.29, 1.82) is 0 Å². The van der Waals surface area contributed by atoms with Gasteiger partial charge in [0, 0.05) is 19.3 Å². The minimum Gasteiger partial charge on any atom is -0.466 e. The molecule has 0 aromatic carbocycles. The van der Waals surface area contributed by atoms with Gasteiger partial charge < -0.3 is 14.6 Å². The summed E-state index contributed by atoms with van der Waals surface area (Å²) in [6.45, 7) is 4.99. The van der Waals surface area contributed by atoms with Crippen LogP contribution in [0.15, 0.2) is 28.8 Å². The molecule has 6 heteroatoms. The van der Waals surface area contributed by atoms with Crippen molar-refractivity contribution in [2.24, 2.45) is 0 Å². The zero-order chi connectivity index (χ0) is 14.1. The zero-order valence-corrected chi connectivity index (χ0v) is 11.5. The smallest absolute Gasteiger partial charge is 0.257 e. The summed E-state index contributed by atoms with van der Waals surface area (Å²) in [6, 6.07) is 5.71. The first kappa shape index (κ1) is 12.7. The second kappa shape index (κ2) is 4.96. The van der Waals surface area contributed by atoms with Crippen molar-refractivity contribution in [1.82, 2.24) is 15.1 Å². The summed E-state index contributed by atoms with van der Waals surface area (Å²) in [5.41, 5.74) is 0.653. The molecule has 1 amide bonds. The van der Waals surface area contributed by atoms with Gasteiger partial charge in [0.1, 0.15) is 17.3 Å². The van der Waals surface area contributed by atoms with E-state index in [1.54, 1.807) is 17.2 Å². The Morgan fingerprint density at radius 1 is 1.45 bits per heavy atom. The Hall–Kier alpha value is -2.37. The van der Waals surface area contributed by atoms with Gasteiger partial charge in [-0.25, -0.2) is 0 Å². The number of furan rings is 1. The van der Waals surface area contributed by atoms with Crippen LogP contribution in [0.1, 0.15) is 21.9 Å². The molecule has 3 rings (SSSR count). The molecule has 0 spiro atoms. The van der Waals surface area contributed by atoms with Crippen molar-refractivity contribution in [3.05, 3.63) is 41.5 Å². The maximum atomic E-state index is 12.3. The molecule has 20 heavy (non-hydrogen) atoms. The fourth-order valence-corrected chi connectivity index (χ4v) is 2.34. The summed E-state index contributed by atoms with van der Waals surface area (Å²) in [4.78, 5) is 14.1. The summed E-state index contributed by atoms with van der Waals surface area (Å²) >= 11 is 0. The van der Waals surface area contributed by atoms with Gasteiger partial charge in [0.2, 0.25) is 0 Å². The fourth-order valence-electron chi connectivity index (χ4n) is 2.34. The molecule has 3 heterocycles. The Morgan fingerprint density at radius 3 is 2.85 bits per heavy atom. The van der Waals surface area contributed by atoms with Crippen molar-refractivity contribution in [2.45, 2.75) is 19.9 Å². The number of anilines is 1. The Balaban J connectivity index is 1.58. The molecule has 0 atom stereocenters. The van der Waals surface area contributed by atoms with Crippen LogP contribution in [0, 0.1) is 13.8 Å². The standard InChI is InChI=1S/C14H16N4O2/c1-9-6-12(10(2)20-9)14(19)18-7-11(8-18)16-13-4-3-5-15-17-13/h3-6,11H,7-8H2,1-2H3,(H,16,17). The number of carbonyl (C=O) groups is 1. The molecule has 104 valence electrons. The molecule has 0 aliphatic carbocycles. The van der Waals surface area contributed by atoms with E-state index in [9.17, 15) is 4.79 Å². The van der Waals surface area contributed by atoms with E-state index in [0.29, 0.717) is 24.4 Å². The Bertz CT molecular complexity index is 617. The summed E-state index contributed by atoms with van der Waals surface area (Å²) in [7, 11) is 0. The third-order valence-corrected chi connectivity index (χ3v) is 3.36. The van der Waals surface area contributed by atoms with Crippen LogP contribution in [0.2, 0.25) is 0 Å². The highest BCUT2D eigenvalue weighted by molar-refractivity contribution is 5.96. The number of hydrogen-bond donors (Lipinski definition) is 1. The number of aryl methyl sites for hydroxylation is 2. The topological polar surface area (TPSA) is 71.3 Å². The highest BCUT2D eigenvalue weighted by atomic mass is 16.3. The molecule has 2 aromatic rings. The minimum absolute atomic E-state index is 0.0246. The fraction of sp³-hybridized carbons (Fsp3) is 0.357. The first-order valence-electron chi connectivity index (χ1n) is 6.54.